The Hall–Kier alpha value is -4.22. The summed E-state index contributed by atoms with van der Waals surface area (Å²) in [6.07, 6.45) is 2.94. The van der Waals surface area contributed by atoms with Crippen molar-refractivity contribution >= 4 is 32.6 Å². The number of hydrogen-bond acceptors (Lipinski definition) is 5. The molecule has 8 heteroatoms. The van der Waals surface area contributed by atoms with Crippen molar-refractivity contribution in [1.29, 1.82) is 0 Å². The first-order valence-corrected chi connectivity index (χ1v) is 12.4. The number of hydrogen-bond donors (Lipinski definition) is 2. The molecule has 0 bridgehead atoms. The van der Waals surface area contributed by atoms with Gasteiger partial charge in [-0.3, -0.25) is 9.71 Å². The van der Waals surface area contributed by atoms with Gasteiger partial charge in [-0.2, -0.15) is 0 Å². The molecule has 4 aromatic rings. The summed E-state index contributed by atoms with van der Waals surface area (Å²) < 4.78 is 29.7. The molecule has 0 spiro atoms. The zero-order chi connectivity index (χ0) is 25.2. The number of aromatic carboxylic acids is 1. The average Bonchev–Trinajstić information content (AvgIpc) is 2.83. The molecule has 0 saturated carbocycles. The van der Waals surface area contributed by atoms with Crippen LogP contribution >= 0.6 is 0 Å². The van der Waals surface area contributed by atoms with Gasteiger partial charge in [0.15, 0.2) is 0 Å². The third-order valence-electron chi connectivity index (χ3n) is 5.47. The molecular formula is C27H23N3O4S. The highest BCUT2D eigenvalue weighted by Crippen LogP contribution is 2.29. The quantitative estimate of drug-likeness (QED) is 0.387. The first kappa shape index (κ1) is 23.9. The Balaban J connectivity index is 1.77. The van der Waals surface area contributed by atoms with Gasteiger partial charge in [0, 0.05) is 28.9 Å². The number of carboxylic acids is 1. The van der Waals surface area contributed by atoms with Crippen molar-refractivity contribution in [2.45, 2.75) is 31.6 Å². The molecule has 0 fully saturated rings. The molecule has 176 valence electrons. The normalized spacial score (nSPS) is 11.2. The minimum absolute atomic E-state index is 0.0788. The number of benzene rings is 2. The predicted molar refractivity (Wildman–Crippen MR) is 135 cm³/mol. The molecule has 0 radical (unpaired) electrons. The maximum Gasteiger partial charge on any atom is 0.354 e. The van der Waals surface area contributed by atoms with Gasteiger partial charge in [-0.1, -0.05) is 50.0 Å². The van der Waals surface area contributed by atoms with Gasteiger partial charge in [-0.25, -0.2) is 18.2 Å². The topological polar surface area (TPSA) is 109 Å². The van der Waals surface area contributed by atoms with Crippen LogP contribution in [0.4, 0.5) is 5.69 Å². The van der Waals surface area contributed by atoms with E-state index in [-0.39, 0.29) is 16.5 Å². The van der Waals surface area contributed by atoms with Crippen molar-refractivity contribution in [3.63, 3.8) is 0 Å². The molecule has 0 unspecified atom stereocenters. The maximum atomic E-state index is 13.5. The Morgan fingerprint density at radius 1 is 1.03 bits per heavy atom. The molecule has 0 saturated heterocycles. The molecule has 0 aliphatic heterocycles. The minimum atomic E-state index is -3.98. The van der Waals surface area contributed by atoms with Crippen molar-refractivity contribution < 1.29 is 18.3 Å². The van der Waals surface area contributed by atoms with Gasteiger partial charge >= 0.3 is 5.97 Å². The summed E-state index contributed by atoms with van der Waals surface area (Å²) in [4.78, 5) is 19.3. The number of pyridine rings is 2. The van der Waals surface area contributed by atoms with E-state index >= 15 is 0 Å². The summed E-state index contributed by atoms with van der Waals surface area (Å²) in [7, 11) is -3.98. The highest BCUT2D eigenvalue weighted by molar-refractivity contribution is 7.93. The van der Waals surface area contributed by atoms with Gasteiger partial charge in [-0.15, -0.1) is 0 Å². The van der Waals surface area contributed by atoms with Crippen LogP contribution < -0.4 is 4.72 Å². The lowest BCUT2D eigenvalue weighted by Crippen LogP contribution is -2.16. The van der Waals surface area contributed by atoms with E-state index in [0.29, 0.717) is 27.9 Å². The molecule has 0 atom stereocenters. The number of aromatic nitrogens is 2. The largest absolute Gasteiger partial charge is 0.477 e. The van der Waals surface area contributed by atoms with E-state index in [1.54, 1.807) is 37.4 Å². The van der Waals surface area contributed by atoms with Crippen LogP contribution in [0.3, 0.4) is 0 Å². The molecule has 2 N–H and O–H groups in total. The lowest BCUT2D eigenvalue weighted by atomic mass is 10.00. The molecule has 2 heterocycles. The molecule has 4 rings (SSSR count). The summed E-state index contributed by atoms with van der Waals surface area (Å²) >= 11 is 0. The van der Waals surface area contributed by atoms with Gasteiger partial charge in [0.2, 0.25) is 0 Å². The fraction of sp³-hybridized carbons (Fsp3) is 0.148. The number of rotatable bonds is 5. The summed E-state index contributed by atoms with van der Waals surface area (Å²) in [5.41, 5.74) is 3.24. The first-order chi connectivity index (χ1) is 16.7. The third-order valence-corrected chi connectivity index (χ3v) is 7.01. The van der Waals surface area contributed by atoms with Gasteiger partial charge in [0.25, 0.3) is 10.0 Å². The summed E-state index contributed by atoms with van der Waals surface area (Å²) in [6, 6.07) is 15.5. The molecule has 0 amide bonds. The van der Waals surface area contributed by atoms with E-state index in [2.05, 4.69) is 26.5 Å². The minimum Gasteiger partial charge on any atom is -0.477 e. The Morgan fingerprint density at radius 2 is 1.83 bits per heavy atom. The second-order valence-electron chi connectivity index (χ2n) is 8.34. The first-order valence-electron chi connectivity index (χ1n) is 10.9. The molecule has 0 aliphatic carbocycles. The van der Waals surface area contributed by atoms with Gasteiger partial charge in [0.1, 0.15) is 10.6 Å². The summed E-state index contributed by atoms with van der Waals surface area (Å²) in [6.45, 7) is 5.81. The zero-order valence-corrected chi connectivity index (χ0v) is 20.2. The lowest BCUT2D eigenvalue weighted by Gasteiger charge is -2.15. The zero-order valence-electron chi connectivity index (χ0n) is 19.4. The number of aryl methyl sites for hydroxylation is 1. The van der Waals surface area contributed by atoms with Crippen LogP contribution in [0, 0.1) is 18.8 Å². The molecular weight excluding hydrogens is 462 g/mol. The number of anilines is 1. The maximum absolute atomic E-state index is 13.5. The van der Waals surface area contributed by atoms with E-state index in [1.807, 2.05) is 38.1 Å². The van der Waals surface area contributed by atoms with Crippen LogP contribution in [-0.4, -0.2) is 29.5 Å². The van der Waals surface area contributed by atoms with E-state index in [1.165, 1.54) is 12.3 Å². The second-order valence-corrected chi connectivity index (χ2v) is 9.96. The van der Waals surface area contributed by atoms with E-state index in [0.717, 1.165) is 10.9 Å². The highest BCUT2D eigenvalue weighted by atomic mass is 32.2. The number of sulfonamides is 1. The Kier molecular flexibility index (Phi) is 6.54. The van der Waals surface area contributed by atoms with Crippen LogP contribution in [0.25, 0.3) is 10.9 Å². The van der Waals surface area contributed by atoms with Crippen molar-refractivity contribution in [3.8, 4) is 11.8 Å². The van der Waals surface area contributed by atoms with Crippen molar-refractivity contribution in [3.05, 3.63) is 94.9 Å². The van der Waals surface area contributed by atoms with E-state index in [4.69, 9.17) is 5.11 Å². The Labute approximate surface area is 203 Å². The van der Waals surface area contributed by atoms with E-state index in [9.17, 15) is 13.2 Å². The monoisotopic (exact) mass is 485 g/mol. The lowest BCUT2D eigenvalue weighted by molar-refractivity contribution is 0.0690. The van der Waals surface area contributed by atoms with Crippen LogP contribution in [0.15, 0.2) is 71.9 Å². The second kappa shape index (κ2) is 9.57. The van der Waals surface area contributed by atoms with Crippen molar-refractivity contribution in [2.24, 2.45) is 0 Å². The number of fused-ring (bicyclic) bond motifs is 1. The smallest absolute Gasteiger partial charge is 0.354 e. The summed E-state index contributed by atoms with van der Waals surface area (Å²) in [5, 5.41) is 9.75. The fourth-order valence-electron chi connectivity index (χ4n) is 3.60. The highest BCUT2D eigenvalue weighted by Gasteiger charge is 2.22. The number of nitrogens with zero attached hydrogens (tertiary/aromatic N) is 2. The molecule has 0 aliphatic rings. The average molecular weight is 486 g/mol. The van der Waals surface area contributed by atoms with Crippen molar-refractivity contribution in [1.82, 2.24) is 9.97 Å². The number of carbonyl (C=O) groups is 1. The summed E-state index contributed by atoms with van der Waals surface area (Å²) in [5.74, 6) is 5.06. The number of nitrogens with one attached hydrogen (secondary N) is 1. The molecule has 35 heavy (non-hydrogen) atoms. The van der Waals surface area contributed by atoms with Crippen LogP contribution in [0.2, 0.25) is 0 Å². The third kappa shape index (κ3) is 5.15. The van der Waals surface area contributed by atoms with Crippen LogP contribution in [-0.2, 0) is 10.0 Å². The Bertz CT molecular complexity index is 1600. The van der Waals surface area contributed by atoms with Gasteiger partial charge in [0.05, 0.1) is 11.2 Å². The fourth-order valence-corrected chi connectivity index (χ4v) is 5.09. The number of carboxylic acid groups (broad SMARTS) is 1. The van der Waals surface area contributed by atoms with Gasteiger partial charge in [-0.05, 0) is 54.3 Å². The van der Waals surface area contributed by atoms with Crippen molar-refractivity contribution in [2.75, 3.05) is 4.72 Å². The molecule has 2 aromatic carbocycles. The predicted octanol–water partition coefficient (Wildman–Crippen LogP) is 4.96. The SMILES string of the molecule is Cc1ccc2cccnc2c1S(=O)(=O)Nc1ccc(C(C)C)cc1C#Cc1ccc(C(=O)O)nc1. The van der Waals surface area contributed by atoms with Gasteiger partial charge < -0.3 is 5.11 Å². The van der Waals surface area contributed by atoms with E-state index < -0.39 is 16.0 Å². The Morgan fingerprint density at radius 3 is 2.51 bits per heavy atom. The van der Waals surface area contributed by atoms with Crippen LogP contribution in [0.1, 0.15) is 52.5 Å². The molecule has 2 aromatic heterocycles. The standard InChI is InChI=1S/C27H23N3O4S/c1-17(2)21-11-13-23(22(15-21)10-7-19-8-12-24(27(31)32)29-16-19)30-35(33,34)26-18(3)6-9-20-5-4-14-28-25(20)26/h4-6,8-9,11-17,30H,1-3H3,(H,31,32). The molecule has 7 nitrogen and oxygen atoms in total. The van der Waals surface area contributed by atoms with Crippen LogP contribution in [0.5, 0.6) is 0 Å².